The van der Waals surface area contributed by atoms with Crippen LogP contribution in [0, 0.1) is 0 Å². The number of imidazole rings is 2. The van der Waals surface area contributed by atoms with Crippen molar-refractivity contribution in [3.8, 4) is 0 Å². The van der Waals surface area contributed by atoms with Crippen molar-refractivity contribution in [2.75, 3.05) is 0 Å². The monoisotopic (exact) mass is 500 g/mol. The van der Waals surface area contributed by atoms with Crippen LogP contribution in [-0.2, 0) is 27.2 Å². The fourth-order valence-corrected chi connectivity index (χ4v) is 5.39. The van der Waals surface area contributed by atoms with E-state index >= 15 is 0 Å². The Bertz CT molecular complexity index is 670. The van der Waals surface area contributed by atoms with Crippen LogP contribution in [0.25, 0.3) is 0 Å². The normalized spacial score (nSPS) is 11.5. The van der Waals surface area contributed by atoms with Gasteiger partial charge < -0.3 is 0 Å². The first-order chi connectivity index (χ1) is 17.7. The third-order valence-corrected chi connectivity index (χ3v) is 7.73. The Labute approximate surface area is 224 Å². The van der Waals surface area contributed by atoms with Gasteiger partial charge in [-0.3, -0.25) is 0 Å². The molecule has 0 aliphatic rings. The van der Waals surface area contributed by atoms with Crippen LogP contribution < -0.4 is 9.13 Å². The molecule has 2 heterocycles. The van der Waals surface area contributed by atoms with Crippen molar-refractivity contribution in [2.45, 2.75) is 154 Å². The zero-order valence-corrected chi connectivity index (χ0v) is 24.2. The Balaban J connectivity index is 1.17. The molecule has 0 aromatic carbocycles. The van der Waals surface area contributed by atoms with Crippen LogP contribution in [0.1, 0.15) is 141 Å². The molecular weight excluding hydrogens is 440 g/mol. The first-order valence-electron chi connectivity index (χ1n) is 15.8. The molecule has 2 rings (SSSR count). The Hall–Kier alpha value is -1.58. The number of hydrogen-bond acceptors (Lipinski definition) is 0. The first kappa shape index (κ1) is 30.6. The second-order valence-corrected chi connectivity index (χ2v) is 11.4. The predicted octanol–water partition coefficient (Wildman–Crippen LogP) is 8.22. The number of aromatic nitrogens is 4. The standard InChI is InChI=1S/C32H60N4/c1-33-27-29-35(31-33)25-23-21-19-17-15-13-11-9-7-5-3-4-6-8-10-12-14-16-18-20-22-24-26-36-30-28-34(2)32-36/h27-32H,3-26H2,1-2H3/q+2. The molecule has 0 fully saturated rings. The zero-order chi connectivity index (χ0) is 25.5. The summed E-state index contributed by atoms with van der Waals surface area (Å²) in [4.78, 5) is 0. The molecule has 206 valence electrons. The average Bonchev–Trinajstić information content (AvgIpc) is 3.49. The topological polar surface area (TPSA) is 17.6 Å². The van der Waals surface area contributed by atoms with Gasteiger partial charge in [0.05, 0.1) is 27.2 Å². The van der Waals surface area contributed by atoms with E-state index in [0.717, 1.165) is 0 Å². The molecule has 2 aromatic rings. The molecule has 0 radical (unpaired) electrons. The van der Waals surface area contributed by atoms with Gasteiger partial charge >= 0.3 is 0 Å². The predicted molar refractivity (Wildman–Crippen MR) is 153 cm³/mol. The average molecular weight is 501 g/mol. The summed E-state index contributed by atoms with van der Waals surface area (Å²) in [6, 6.07) is 0. The minimum atomic E-state index is 1.18. The van der Waals surface area contributed by atoms with Crippen molar-refractivity contribution in [1.82, 2.24) is 9.13 Å². The van der Waals surface area contributed by atoms with Crippen LogP contribution in [0.15, 0.2) is 37.4 Å². The maximum atomic E-state index is 2.30. The van der Waals surface area contributed by atoms with Gasteiger partial charge in [-0.2, -0.15) is 0 Å². The highest BCUT2D eigenvalue weighted by Gasteiger charge is 2.01. The van der Waals surface area contributed by atoms with E-state index in [2.05, 4.69) is 69.8 Å². The Morgan fingerprint density at radius 1 is 0.361 bits per heavy atom. The summed E-state index contributed by atoms with van der Waals surface area (Å²) >= 11 is 0. The van der Waals surface area contributed by atoms with E-state index in [-0.39, 0.29) is 0 Å². The Kier molecular flexibility index (Phi) is 18.3. The van der Waals surface area contributed by atoms with Crippen molar-refractivity contribution in [2.24, 2.45) is 14.1 Å². The molecule has 4 nitrogen and oxygen atoms in total. The van der Waals surface area contributed by atoms with Gasteiger partial charge in [-0.15, -0.1) is 0 Å². The largest absolute Gasteiger partial charge is 0.243 e. The highest BCUT2D eigenvalue weighted by atomic mass is 15.1. The van der Waals surface area contributed by atoms with Crippen molar-refractivity contribution >= 4 is 0 Å². The Morgan fingerprint density at radius 3 is 0.778 bits per heavy atom. The molecule has 0 saturated carbocycles. The van der Waals surface area contributed by atoms with Gasteiger partial charge in [-0.1, -0.05) is 116 Å². The van der Waals surface area contributed by atoms with Crippen molar-refractivity contribution in [3.63, 3.8) is 0 Å². The summed E-state index contributed by atoms with van der Waals surface area (Å²) < 4.78 is 8.85. The van der Waals surface area contributed by atoms with Gasteiger partial charge in [-0.25, -0.2) is 18.3 Å². The van der Waals surface area contributed by atoms with Gasteiger partial charge in [0, 0.05) is 0 Å². The summed E-state index contributed by atoms with van der Waals surface area (Å²) in [7, 11) is 4.19. The lowest BCUT2D eigenvalue weighted by molar-refractivity contribution is -0.671. The number of unbranched alkanes of at least 4 members (excludes halogenated alkanes) is 21. The maximum absolute atomic E-state index is 2.30. The smallest absolute Gasteiger partial charge is 0.240 e. The van der Waals surface area contributed by atoms with Crippen LogP contribution in [0.2, 0.25) is 0 Å². The molecule has 0 N–H and O–H groups in total. The second kappa shape index (κ2) is 21.5. The van der Waals surface area contributed by atoms with E-state index in [1.165, 1.54) is 154 Å². The molecule has 0 saturated heterocycles. The molecule has 36 heavy (non-hydrogen) atoms. The summed E-state index contributed by atoms with van der Waals surface area (Å²) in [5.41, 5.74) is 0. The molecule has 0 aliphatic carbocycles. The van der Waals surface area contributed by atoms with Gasteiger partial charge in [0.15, 0.2) is 0 Å². The van der Waals surface area contributed by atoms with Gasteiger partial charge in [0.2, 0.25) is 12.7 Å². The molecule has 0 atom stereocenters. The maximum Gasteiger partial charge on any atom is 0.243 e. The molecule has 2 aromatic heterocycles. The van der Waals surface area contributed by atoms with Crippen LogP contribution in [0.4, 0.5) is 0 Å². The van der Waals surface area contributed by atoms with E-state index in [1.807, 2.05) is 0 Å². The lowest BCUT2D eigenvalue weighted by Crippen LogP contribution is -2.23. The summed E-state index contributed by atoms with van der Waals surface area (Å²) in [5.74, 6) is 0. The van der Waals surface area contributed by atoms with E-state index in [0.29, 0.717) is 0 Å². The molecular formula is C32H60N4+2. The highest BCUT2D eigenvalue weighted by molar-refractivity contribution is 4.66. The minimum Gasteiger partial charge on any atom is -0.240 e. The molecule has 0 amide bonds. The van der Waals surface area contributed by atoms with Crippen molar-refractivity contribution in [1.29, 1.82) is 0 Å². The van der Waals surface area contributed by atoms with E-state index in [1.54, 1.807) is 0 Å². The van der Waals surface area contributed by atoms with Crippen LogP contribution in [0.5, 0.6) is 0 Å². The van der Waals surface area contributed by atoms with Gasteiger partial charge in [0.1, 0.15) is 24.8 Å². The van der Waals surface area contributed by atoms with Crippen molar-refractivity contribution in [3.05, 3.63) is 37.4 Å². The lowest BCUT2D eigenvalue weighted by Gasteiger charge is -2.04. The number of hydrogen-bond donors (Lipinski definition) is 0. The van der Waals surface area contributed by atoms with E-state index in [9.17, 15) is 0 Å². The Morgan fingerprint density at radius 2 is 0.583 bits per heavy atom. The first-order valence-corrected chi connectivity index (χ1v) is 15.8. The summed E-state index contributed by atoms with van der Waals surface area (Å²) in [6.07, 6.45) is 44.6. The second-order valence-electron chi connectivity index (χ2n) is 11.4. The third-order valence-electron chi connectivity index (χ3n) is 7.73. The minimum absolute atomic E-state index is 1.18. The molecule has 4 heteroatoms. The number of nitrogens with zero attached hydrogens (tertiary/aromatic N) is 4. The fourth-order valence-electron chi connectivity index (χ4n) is 5.39. The van der Waals surface area contributed by atoms with Crippen molar-refractivity contribution < 1.29 is 9.13 Å². The highest BCUT2D eigenvalue weighted by Crippen LogP contribution is 2.15. The fraction of sp³-hybridized carbons (Fsp3) is 0.812. The number of aryl methyl sites for hydroxylation is 4. The van der Waals surface area contributed by atoms with E-state index < -0.39 is 0 Å². The van der Waals surface area contributed by atoms with Gasteiger partial charge in [-0.05, 0) is 25.7 Å². The van der Waals surface area contributed by atoms with Crippen LogP contribution in [-0.4, -0.2) is 9.13 Å². The third kappa shape index (κ3) is 17.0. The van der Waals surface area contributed by atoms with Gasteiger partial charge in [0.25, 0.3) is 0 Å². The SMILES string of the molecule is C[n+]1ccn(CCCCCCCCCCCCCCCCCCCCCCCCn2cc[n+](C)c2)c1. The lowest BCUT2D eigenvalue weighted by atomic mass is 10.0. The van der Waals surface area contributed by atoms with Crippen LogP contribution in [0.3, 0.4) is 0 Å². The molecule has 0 aliphatic heterocycles. The number of rotatable bonds is 25. The molecule has 0 bridgehead atoms. The summed E-state index contributed by atoms with van der Waals surface area (Å²) in [6.45, 7) is 2.35. The van der Waals surface area contributed by atoms with Crippen LogP contribution >= 0.6 is 0 Å². The zero-order valence-electron chi connectivity index (χ0n) is 24.2. The van der Waals surface area contributed by atoms with E-state index in [4.69, 9.17) is 0 Å². The quantitative estimate of drug-likeness (QED) is 0.0965. The molecule has 0 spiro atoms. The molecule has 0 unspecified atom stereocenters. The summed E-state index contributed by atoms with van der Waals surface area (Å²) in [5, 5.41) is 0.